The molecule has 0 fully saturated rings. The summed E-state index contributed by atoms with van der Waals surface area (Å²) in [6, 6.07) is 12.3. The van der Waals surface area contributed by atoms with Crippen LogP contribution in [0.15, 0.2) is 42.5 Å². The van der Waals surface area contributed by atoms with E-state index >= 15 is 0 Å². The van der Waals surface area contributed by atoms with Gasteiger partial charge in [0.15, 0.2) is 0 Å². The van der Waals surface area contributed by atoms with Gasteiger partial charge in [0, 0.05) is 5.56 Å². The lowest BCUT2D eigenvalue weighted by atomic mass is 9.81. The highest BCUT2D eigenvalue weighted by molar-refractivity contribution is 5.84. The van der Waals surface area contributed by atoms with Crippen LogP contribution in [-0.4, -0.2) is 16.2 Å². The Hall–Kier alpha value is -2.13. The molecule has 0 bridgehead atoms. The molecule has 104 valence electrons. The second-order valence-electron chi connectivity index (χ2n) is 5.16. The molecule has 3 heteroatoms. The third-order valence-electron chi connectivity index (χ3n) is 3.54. The lowest BCUT2D eigenvalue weighted by Gasteiger charge is -2.28. The van der Waals surface area contributed by atoms with E-state index in [1.165, 1.54) is 0 Å². The van der Waals surface area contributed by atoms with Crippen LogP contribution in [-0.2, 0) is 10.4 Å². The van der Waals surface area contributed by atoms with Gasteiger partial charge in [-0.1, -0.05) is 48.0 Å². The van der Waals surface area contributed by atoms with Crippen LogP contribution in [0.2, 0.25) is 0 Å². The average molecular weight is 270 g/mol. The molecule has 0 aliphatic heterocycles. The van der Waals surface area contributed by atoms with E-state index in [4.69, 9.17) is 0 Å². The van der Waals surface area contributed by atoms with Crippen LogP contribution in [0.5, 0.6) is 0 Å². The molecule has 2 aromatic rings. The lowest BCUT2D eigenvalue weighted by molar-refractivity contribution is -0.155. The Kier molecular flexibility index (Phi) is 3.64. The Morgan fingerprint density at radius 3 is 1.95 bits per heavy atom. The number of benzene rings is 2. The molecule has 0 saturated carbocycles. The number of carbonyl (C=O) groups is 1. The minimum absolute atomic E-state index is 0.363. The van der Waals surface area contributed by atoms with Crippen LogP contribution in [0.4, 0.5) is 0 Å². The van der Waals surface area contributed by atoms with Crippen molar-refractivity contribution in [2.24, 2.45) is 0 Å². The van der Waals surface area contributed by atoms with Gasteiger partial charge in [-0.15, -0.1) is 0 Å². The Morgan fingerprint density at radius 1 is 1.00 bits per heavy atom. The number of carboxylic acid groups (broad SMARTS) is 1. The number of rotatable bonds is 3. The zero-order valence-electron chi connectivity index (χ0n) is 11.8. The molecule has 1 atom stereocenters. The van der Waals surface area contributed by atoms with Gasteiger partial charge < -0.3 is 10.2 Å². The molecule has 2 aromatic carbocycles. The van der Waals surface area contributed by atoms with E-state index < -0.39 is 11.6 Å². The van der Waals surface area contributed by atoms with Crippen molar-refractivity contribution in [2.45, 2.75) is 26.4 Å². The first-order chi connectivity index (χ1) is 9.37. The van der Waals surface area contributed by atoms with Crippen LogP contribution in [0.25, 0.3) is 0 Å². The van der Waals surface area contributed by atoms with Crippen molar-refractivity contribution in [1.82, 2.24) is 0 Å². The number of hydrogen-bond acceptors (Lipinski definition) is 2. The van der Waals surface area contributed by atoms with Gasteiger partial charge in [-0.2, -0.15) is 0 Å². The molecule has 20 heavy (non-hydrogen) atoms. The summed E-state index contributed by atoms with van der Waals surface area (Å²) in [5.41, 5.74) is 1.38. The van der Waals surface area contributed by atoms with Gasteiger partial charge in [-0.05, 0) is 37.5 Å². The van der Waals surface area contributed by atoms with Crippen LogP contribution in [0.1, 0.15) is 27.8 Å². The highest BCUT2D eigenvalue weighted by Crippen LogP contribution is 2.35. The summed E-state index contributed by atoms with van der Waals surface area (Å²) in [5, 5.41) is 20.5. The number of hydrogen-bond donors (Lipinski definition) is 2. The molecule has 0 heterocycles. The van der Waals surface area contributed by atoms with Crippen molar-refractivity contribution in [3.8, 4) is 0 Å². The van der Waals surface area contributed by atoms with Gasteiger partial charge in [0.1, 0.15) is 0 Å². The summed E-state index contributed by atoms with van der Waals surface area (Å²) in [5.74, 6) is -1.27. The van der Waals surface area contributed by atoms with Crippen LogP contribution in [0, 0.1) is 20.8 Å². The fraction of sp³-hybridized carbons (Fsp3) is 0.235. The summed E-state index contributed by atoms with van der Waals surface area (Å²) < 4.78 is 0. The summed E-state index contributed by atoms with van der Waals surface area (Å²) in [6.45, 7) is 5.60. The van der Waals surface area contributed by atoms with Crippen LogP contribution in [0.3, 0.4) is 0 Å². The molecule has 0 radical (unpaired) electrons. The van der Waals surface area contributed by atoms with E-state index in [9.17, 15) is 15.0 Å². The summed E-state index contributed by atoms with van der Waals surface area (Å²) in [4.78, 5) is 11.8. The average Bonchev–Trinajstić information content (AvgIpc) is 2.38. The largest absolute Gasteiger partial charge is 0.479 e. The zero-order valence-corrected chi connectivity index (χ0v) is 11.8. The topological polar surface area (TPSA) is 57.5 Å². The second kappa shape index (κ2) is 5.10. The van der Waals surface area contributed by atoms with Crippen LogP contribution < -0.4 is 0 Å². The molecule has 1 unspecified atom stereocenters. The first-order valence-electron chi connectivity index (χ1n) is 6.47. The van der Waals surface area contributed by atoms with Crippen LogP contribution >= 0.6 is 0 Å². The molecule has 3 nitrogen and oxygen atoms in total. The number of aliphatic carboxylic acids is 1. The molecule has 0 aliphatic carbocycles. The molecule has 0 aliphatic rings. The molecule has 2 N–H and O–H groups in total. The maximum atomic E-state index is 11.8. The Bertz CT molecular complexity index is 624. The predicted molar refractivity (Wildman–Crippen MR) is 77.7 cm³/mol. The highest BCUT2D eigenvalue weighted by Gasteiger charge is 2.42. The van der Waals surface area contributed by atoms with Gasteiger partial charge in [0.25, 0.3) is 0 Å². The Balaban J connectivity index is 2.76. The first-order valence-corrected chi connectivity index (χ1v) is 6.47. The highest BCUT2D eigenvalue weighted by atomic mass is 16.4. The maximum Gasteiger partial charge on any atom is 0.345 e. The zero-order chi connectivity index (χ0) is 14.9. The fourth-order valence-electron chi connectivity index (χ4n) is 2.80. The fourth-order valence-corrected chi connectivity index (χ4v) is 2.80. The van der Waals surface area contributed by atoms with Crippen molar-refractivity contribution in [3.63, 3.8) is 0 Å². The van der Waals surface area contributed by atoms with E-state index in [1.54, 1.807) is 30.3 Å². The van der Waals surface area contributed by atoms with E-state index in [2.05, 4.69) is 0 Å². The molecule has 2 rings (SSSR count). The molecular weight excluding hydrogens is 252 g/mol. The standard InChI is InChI=1S/C17H18O3/c1-11-9-12(2)15(13(3)10-11)17(20,16(18)19)14-7-5-4-6-8-14/h4-10,20H,1-3H3,(H,18,19). The van der Waals surface area contributed by atoms with Crippen molar-refractivity contribution in [2.75, 3.05) is 0 Å². The first kappa shape index (κ1) is 14.3. The third-order valence-corrected chi connectivity index (χ3v) is 3.54. The summed E-state index contributed by atoms with van der Waals surface area (Å²) >= 11 is 0. The molecule has 0 amide bonds. The maximum absolute atomic E-state index is 11.8. The number of aliphatic hydroxyl groups is 1. The second-order valence-corrected chi connectivity index (χ2v) is 5.16. The predicted octanol–water partition coefficient (Wildman–Crippen LogP) is 2.93. The minimum atomic E-state index is -2.02. The van der Waals surface area contributed by atoms with Gasteiger partial charge in [-0.3, -0.25) is 0 Å². The SMILES string of the molecule is Cc1cc(C)c(C(O)(C(=O)O)c2ccccc2)c(C)c1. The quantitative estimate of drug-likeness (QED) is 0.901. The third kappa shape index (κ3) is 2.21. The van der Waals surface area contributed by atoms with E-state index in [0.29, 0.717) is 11.1 Å². The van der Waals surface area contributed by atoms with Crippen molar-refractivity contribution < 1.29 is 15.0 Å². The van der Waals surface area contributed by atoms with Gasteiger partial charge in [0.05, 0.1) is 0 Å². The number of aryl methyl sites for hydroxylation is 3. The van der Waals surface area contributed by atoms with Crippen molar-refractivity contribution >= 4 is 5.97 Å². The normalized spacial score (nSPS) is 13.8. The lowest BCUT2D eigenvalue weighted by Crippen LogP contribution is -2.38. The van der Waals surface area contributed by atoms with E-state index in [0.717, 1.165) is 16.7 Å². The number of carboxylic acids is 1. The Morgan fingerprint density at radius 2 is 1.50 bits per heavy atom. The molecular formula is C17H18O3. The minimum Gasteiger partial charge on any atom is -0.479 e. The van der Waals surface area contributed by atoms with Gasteiger partial charge >= 0.3 is 5.97 Å². The summed E-state index contributed by atoms with van der Waals surface area (Å²) in [6.07, 6.45) is 0. The van der Waals surface area contributed by atoms with Crippen molar-refractivity contribution in [3.05, 3.63) is 70.3 Å². The van der Waals surface area contributed by atoms with Crippen molar-refractivity contribution in [1.29, 1.82) is 0 Å². The molecule has 0 aromatic heterocycles. The van der Waals surface area contributed by atoms with Gasteiger partial charge in [-0.25, -0.2) is 4.79 Å². The van der Waals surface area contributed by atoms with Gasteiger partial charge in [0.2, 0.25) is 5.60 Å². The smallest absolute Gasteiger partial charge is 0.345 e. The van der Waals surface area contributed by atoms with E-state index in [1.807, 2.05) is 32.9 Å². The summed E-state index contributed by atoms with van der Waals surface area (Å²) in [7, 11) is 0. The molecule has 0 saturated heterocycles. The molecule has 0 spiro atoms. The Labute approximate surface area is 118 Å². The monoisotopic (exact) mass is 270 g/mol. The van der Waals surface area contributed by atoms with E-state index in [-0.39, 0.29) is 0 Å².